The van der Waals surface area contributed by atoms with E-state index in [2.05, 4.69) is 10.4 Å². The van der Waals surface area contributed by atoms with Crippen LogP contribution >= 0.6 is 0 Å². The third-order valence-corrected chi connectivity index (χ3v) is 3.12. The maximum absolute atomic E-state index is 12.1. The molecule has 6 heteroatoms. The van der Waals surface area contributed by atoms with Crippen LogP contribution in [0.3, 0.4) is 0 Å². The van der Waals surface area contributed by atoms with E-state index in [1.165, 1.54) is 0 Å². The van der Waals surface area contributed by atoms with Crippen molar-refractivity contribution in [3.8, 4) is 11.5 Å². The second-order valence-corrected chi connectivity index (χ2v) is 4.29. The first kappa shape index (κ1) is 11.6. The Hall–Kier alpha value is -2.50. The van der Waals surface area contributed by atoms with Crippen LogP contribution < -0.4 is 14.8 Å². The topological polar surface area (TPSA) is 65.4 Å². The van der Waals surface area contributed by atoms with Gasteiger partial charge in [0.2, 0.25) is 6.79 Å². The highest BCUT2D eigenvalue weighted by molar-refractivity contribution is 6.04. The minimum atomic E-state index is -0.200. The number of carbonyl (C=O) groups is 1. The Labute approximate surface area is 109 Å². The SMILES string of the molecule is Cc1c(NC(=O)c2ccc3c(c2)OCO3)cnn1C. The van der Waals surface area contributed by atoms with Crippen LogP contribution in [-0.2, 0) is 7.05 Å². The molecular formula is C13H13N3O3. The van der Waals surface area contributed by atoms with Gasteiger partial charge in [-0.15, -0.1) is 0 Å². The van der Waals surface area contributed by atoms with Gasteiger partial charge in [0.15, 0.2) is 11.5 Å². The predicted octanol–water partition coefficient (Wildman–Crippen LogP) is 1.71. The molecule has 0 unspecified atom stereocenters. The fourth-order valence-corrected chi connectivity index (χ4v) is 1.85. The maximum atomic E-state index is 12.1. The lowest BCUT2D eigenvalue weighted by atomic mass is 10.2. The molecular weight excluding hydrogens is 246 g/mol. The van der Waals surface area contributed by atoms with Crippen molar-refractivity contribution in [3.05, 3.63) is 35.7 Å². The zero-order valence-corrected chi connectivity index (χ0v) is 10.6. The van der Waals surface area contributed by atoms with Gasteiger partial charge >= 0.3 is 0 Å². The van der Waals surface area contributed by atoms with Gasteiger partial charge in [0, 0.05) is 12.6 Å². The molecule has 2 aromatic rings. The second-order valence-electron chi connectivity index (χ2n) is 4.29. The number of fused-ring (bicyclic) bond motifs is 1. The summed E-state index contributed by atoms with van der Waals surface area (Å²) in [6.45, 7) is 2.09. The van der Waals surface area contributed by atoms with Gasteiger partial charge in [0.05, 0.1) is 17.6 Å². The van der Waals surface area contributed by atoms with Gasteiger partial charge in [-0.3, -0.25) is 9.48 Å². The molecule has 0 fully saturated rings. The number of hydrogen-bond donors (Lipinski definition) is 1. The van der Waals surface area contributed by atoms with Crippen molar-refractivity contribution in [1.82, 2.24) is 9.78 Å². The lowest BCUT2D eigenvalue weighted by Gasteiger charge is -2.05. The summed E-state index contributed by atoms with van der Waals surface area (Å²) in [6, 6.07) is 5.10. The van der Waals surface area contributed by atoms with E-state index in [0.717, 1.165) is 5.69 Å². The highest BCUT2D eigenvalue weighted by Crippen LogP contribution is 2.32. The van der Waals surface area contributed by atoms with E-state index < -0.39 is 0 Å². The molecule has 1 aliphatic heterocycles. The van der Waals surface area contributed by atoms with Crippen LogP contribution in [0.5, 0.6) is 11.5 Å². The number of rotatable bonds is 2. The molecule has 1 aliphatic rings. The number of ether oxygens (including phenoxy) is 2. The van der Waals surface area contributed by atoms with E-state index in [4.69, 9.17) is 9.47 Å². The molecule has 0 saturated heterocycles. The molecule has 1 aromatic heterocycles. The van der Waals surface area contributed by atoms with Crippen LogP contribution in [0.2, 0.25) is 0 Å². The van der Waals surface area contributed by atoms with Crippen LogP contribution in [0.1, 0.15) is 16.1 Å². The quantitative estimate of drug-likeness (QED) is 0.891. The van der Waals surface area contributed by atoms with Gasteiger partial charge in [0.1, 0.15) is 0 Å². The zero-order chi connectivity index (χ0) is 13.4. The molecule has 19 heavy (non-hydrogen) atoms. The molecule has 98 valence electrons. The fraction of sp³-hybridized carbons (Fsp3) is 0.231. The number of amides is 1. The average molecular weight is 259 g/mol. The number of aromatic nitrogens is 2. The molecule has 1 N–H and O–H groups in total. The Bertz CT molecular complexity index is 649. The number of hydrogen-bond acceptors (Lipinski definition) is 4. The summed E-state index contributed by atoms with van der Waals surface area (Å²) in [5, 5.41) is 6.90. The van der Waals surface area contributed by atoms with E-state index in [9.17, 15) is 4.79 Å². The summed E-state index contributed by atoms with van der Waals surface area (Å²) in [5.41, 5.74) is 2.12. The number of nitrogens with zero attached hydrogens (tertiary/aromatic N) is 2. The van der Waals surface area contributed by atoms with Crippen molar-refractivity contribution < 1.29 is 14.3 Å². The summed E-state index contributed by atoms with van der Waals surface area (Å²) in [4.78, 5) is 12.1. The molecule has 6 nitrogen and oxygen atoms in total. The minimum Gasteiger partial charge on any atom is -0.454 e. The molecule has 2 heterocycles. The number of nitrogens with one attached hydrogen (secondary N) is 1. The molecule has 0 spiro atoms. The molecule has 0 aliphatic carbocycles. The van der Waals surface area contributed by atoms with Crippen LogP contribution in [0.15, 0.2) is 24.4 Å². The fourth-order valence-electron chi connectivity index (χ4n) is 1.85. The third-order valence-electron chi connectivity index (χ3n) is 3.12. The first-order valence-corrected chi connectivity index (χ1v) is 5.85. The smallest absolute Gasteiger partial charge is 0.255 e. The average Bonchev–Trinajstić information content (AvgIpc) is 2.99. The highest BCUT2D eigenvalue weighted by atomic mass is 16.7. The normalized spacial score (nSPS) is 12.5. The van der Waals surface area contributed by atoms with E-state index in [1.54, 1.807) is 29.1 Å². The second kappa shape index (κ2) is 4.31. The monoisotopic (exact) mass is 259 g/mol. The highest BCUT2D eigenvalue weighted by Gasteiger charge is 2.17. The van der Waals surface area contributed by atoms with Crippen molar-refractivity contribution >= 4 is 11.6 Å². The molecule has 1 aromatic carbocycles. The van der Waals surface area contributed by atoms with Gasteiger partial charge < -0.3 is 14.8 Å². The van der Waals surface area contributed by atoms with Gasteiger partial charge in [-0.2, -0.15) is 5.10 Å². The Morgan fingerprint density at radius 3 is 2.89 bits per heavy atom. The van der Waals surface area contributed by atoms with Crippen LogP contribution in [0, 0.1) is 6.92 Å². The van der Waals surface area contributed by atoms with Crippen molar-refractivity contribution in [2.75, 3.05) is 12.1 Å². The summed E-state index contributed by atoms with van der Waals surface area (Å²) < 4.78 is 12.2. The number of carbonyl (C=O) groups excluding carboxylic acids is 1. The third kappa shape index (κ3) is 2.01. The van der Waals surface area contributed by atoms with Crippen LogP contribution in [0.4, 0.5) is 5.69 Å². The number of anilines is 1. The molecule has 0 saturated carbocycles. The summed E-state index contributed by atoms with van der Waals surface area (Å²) in [6.07, 6.45) is 1.63. The van der Waals surface area contributed by atoms with Crippen molar-refractivity contribution in [3.63, 3.8) is 0 Å². The Balaban J connectivity index is 1.83. The number of aryl methyl sites for hydroxylation is 1. The van der Waals surface area contributed by atoms with E-state index in [0.29, 0.717) is 22.7 Å². The molecule has 1 amide bonds. The van der Waals surface area contributed by atoms with Gasteiger partial charge in [0.25, 0.3) is 5.91 Å². The van der Waals surface area contributed by atoms with Gasteiger partial charge in [-0.05, 0) is 25.1 Å². The zero-order valence-electron chi connectivity index (χ0n) is 10.6. The Kier molecular flexibility index (Phi) is 2.63. The van der Waals surface area contributed by atoms with E-state index >= 15 is 0 Å². The van der Waals surface area contributed by atoms with Crippen LogP contribution in [-0.4, -0.2) is 22.5 Å². The van der Waals surface area contributed by atoms with Crippen molar-refractivity contribution in [2.45, 2.75) is 6.92 Å². The lowest BCUT2D eigenvalue weighted by molar-refractivity contribution is 0.102. The molecule has 0 atom stereocenters. The first-order valence-electron chi connectivity index (χ1n) is 5.85. The summed E-state index contributed by atoms with van der Waals surface area (Å²) in [5.74, 6) is 1.05. The first-order chi connectivity index (χ1) is 9.15. The predicted molar refractivity (Wildman–Crippen MR) is 68.5 cm³/mol. The molecule has 0 radical (unpaired) electrons. The minimum absolute atomic E-state index is 0.197. The lowest BCUT2D eigenvalue weighted by Crippen LogP contribution is -2.12. The molecule has 3 rings (SSSR count). The Morgan fingerprint density at radius 1 is 1.37 bits per heavy atom. The van der Waals surface area contributed by atoms with E-state index in [-0.39, 0.29) is 12.7 Å². The van der Waals surface area contributed by atoms with Gasteiger partial charge in [-0.25, -0.2) is 0 Å². The summed E-state index contributed by atoms with van der Waals surface area (Å²) in [7, 11) is 1.82. The van der Waals surface area contributed by atoms with Crippen molar-refractivity contribution in [2.24, 2.45) is 7.05 Å². The number of benzene rings is 1. The largest absolute Gasteiger partial charge is 0.454 e. The van der Waals surface area contributed by atoms with Crippen molar-refractivity contribution in [1.29, 1.82) is 0 Å². The maximum Gasteiger partial charge on any atom is 0.255 e. The van der Waals surface area contributed by atoms with Gasteiger partial charge in [-0.1, -0.05) is 0 Å². The van der Waals surface area contributed by atoms with E-state index in [1.807, 2.05) is 14.0 Å². The molecule has 0 bridgehead atoms. The summed E-state index contributed by atoms with van der Waals surface area (Å²) >= 11 is 0. The van der Waals surface area contributed by atoms with Crippen LogP contribution in [0.25, 0.3) is 0 Å². The Morgan fingerprint density at radius 2 is 2.16 bits per heavy atom. The standard InChI is InChI=1S/C13H13N3O3/c1-8-10(6-14-16(8)2)15-13(17)9-3-4-11-12(5-9)19-7-18-11/h3-6H,7H2,1-2H3,(H,15,17).